The molecule has 2 aliphatic rings. The van der Waals surface area contributed by atoms with Crippen LogP contribution in [0.3, 0.4) is 0 Å². The third-order valence-corrected chi connectivity index (χ3v) is 4.38. The predicted octanol–water partition coefficient (Wildman–Crippen LogP) is 3.15. The van der Waals surface area contributed by atoms with Gasteiger partial charge in [-0.3, -0.25) is 4.79 Å². The van der Waals surface area contributed by atoms with Crippen LogP contribution < -0.4 is 4.74 Å². The minimum Gasteiger partial charge on any atom is -0.491 e. The van der Waals surface area contributed by atoms with Crippen molar-refractivity contribution in [1.29, 1.82) is 0 Å². The highest BCUT2D eigenvalue weighted by atomic mass is 35.5. The summed E-state index contributed by atoms with van der Waals surface area (Å²) in [5.74, 6) is 0.524. The Hall–Kier alpha value is -1.26. The Labute approximate surface area is 129 Å². The van der Waals surface area contributed by atoms with Gasteiger partial charge in [0.25, 0.3) is 0 Å². The second-order valence-corrected chi connectivity index (χ2v) is 6.55. The fraction of sp³-hybridized carbons (Fsp3) is 0.562. The molecule has 3 atom stereocenters. The molecule has 1 aromatic rings. The molecular weight excluding hydrogens is 292 g/mol. The molecule has 1 fully saturated rings. The molecule has 1 heterocycles. The lowest BCUT2D eigenvalue weighted by molar-refractivity contribution is -0.139. The van der Waals surface area contributed by atoms with Crippen LogP contribution in [-0.2, 0) is 22.6 Å². The molecule has 1 aliphatic heterocycles. The normalized spacial score (nSPS) is 26.9. The maximum atomic E-state index is 10.8. The molecule has 4 nitrogen and oxygen atoms in total. The molecule has 114 valence electrons. The number of hydrogen-bond acceptors (Lipinski definition) is 3. The zero-order valence-electron chi connectivity index (χ0n) is 12.0. The predicted molar refractivity (Wildman–Crippen MR) is 78.7 cm³/mol. The van der Waals surface area contributed by atoms with Gasteiger partial charge >= 0.3 is 5.97 Å². The maximum Gasteiger partial charge on any atom is 0.306 e. The number of carbonyl (C=O) groups is 1. The van der Waals surface area contributed by atoms with Crippen LogP contribution in [-0.4, -0.2) is 24.3 Å². The summed E-state index contributed by atoms with van der Waals surface area (Å²) >= 11 is 6.26. The van der Waals surface area contributed by atoms with Gasteiger partial charge in [0.15, 0.2) is 0 Å². The highest BCUT2D eigenvalue weighted by molar-refractivity contribution is 6.32. The number of halogens is 1. The van der Waals surface area contributed by atoms with Gasteiger partial charge in [-0.2, -0.15) is 0 Å². The van der Waals surface area contributed by atoms with Crippen LogP contribution in [0.4, 0.5) is 0 Å². The lowest BCUT2D eigenvalue weighted by atomic mass is 9.97. The van der Waals surface area contributed by atoms with E-state index >= 15 is 0 Å². The van der Waals surface area contributed by atoms with E-state index in [4.69, 9.17) is 26.2 Å². The molecule has 0 saturated heterocycles. The van der Waals surface area contributed by atoms with Crippen LogP contribution in [0.5, 0.6) is 5.75 Å². The number of aliphatic carboxylic acids is 1. The minimum absolute atomic E-state index is 0.166. The summed E-state index contributed by atoms with van der Waals surface area (Å²) < 4.78 is 11.3. The van der Waals surface area contributed by atoms with E-state index in [-0.39, 0.29) is 11.8 Å². The summed E-state index contributed by atoms with van der Waals surface area (Å²) in [4.78, 5) is 10.8. The van der Waals surface area contributed by atoms with Crippen LogP contribution in [0.2, 0.25) is 5.02 Å². The van der Waals surface area contributed by atoms with Gasteiger partial charge in [-0.1, -0.05) is 18.5 Å². The highest BCUT2D eigenvalue weighted by Gasteiger charge is 2.43. The van der Waals surface area contributed by atoms with Crippen LogP contribution in [0.1, 0.15) is 24.5 Å². The Balaban J connectivity index is 1.58. The standard InChI is InChI=1S/C16H19ClO4/c1-9-2-11-3-10(4-14(17)15(11)21-6-9)7-20-8-12-5-13(12)16(18)19/h3-4,9,12-13H,2,5-8H2,1H3,(H,18,19)/t9?,12-,13-/m0/s1. The van der Waals surface area contributed by atoms with Gasteiger partial charge in [-0.05, 0) is 47.9 Å². The number of ether oxygens (including phenoxy) is 2. The molecule has 0 spiro atoms. The van der Waals surface area contributed by atoms with Crippen molar-refractivity contribution >= 4 is 17.6 Å². The highest BCUT2D eigenvalue weighted by Crippen LogP contribution is 2.39. The van der Waals surface area contributed by atoms with E-state index in [0.29, 0.717) is 30.8 Å². The first-order valence-electron chi connectivity index (χ1n) is 7.29. The summed E-state index contributed by atoms with van der Waals surface area (Å²) in [6.07, 6.45) is 1.69. The summed E-state index contributed by atoms with van der Waals surface area (Å²) in [5.41, 5.74) is 2.15. The molecule has 21 heavy (non-hydrogen) atoms. The maximum absolute atomic E-state index is 10.8. The van der Waals surface area contributed by atoms with Gasteiger partial charge < -0.3 is 14.6 Å². The number of rotatable bonds is 5. The van der Waals surface area contributed by atoms with Gasteiger partial charge in [0.05, 0.1) is 30.8 Å². The summed E-state index contributed by atoms with van der Waals surface area (Å²) in [6, 6.07) is 3.95. The third-order valence-electron chi connectivity index (χ3n) is 4.10. The van der Waals surface area contributed by atoms with Crippen molar-refractivity contribution in [1.82, 2.24) is 0 Å². The van der Waals surface area contributed by atoms with Crippen molar-refractivity contribution in [3.63, 3.8) is 0 Å². The second kappa shape index (κ2) is 5.85. The molecule has 1 saturated carbocycles. The van der Waals surface area contributed by atoms with Gasteiger partial charge in [0, 0.05) is 0 Å². The fourth-order valence-corrected chi connectivity index (χ4v) is 3.15. The average Bonchev–Trinajstić information content (AvgIpc) is 3.18. The van der Waals surface area contributed by atoms with Crippen LogP contribution in [0.15, 0.2) is 12.1 Å². The molecule has 1 aliphatic carbocycles. The van der Waals surface area contributed by atoms with Crippen LogP contribution in [0, 0.1) is 17.8 Å². The molecule has 0 bridgehead atoms. The van der Waals surface area contributed by atoms with Crippen molar-refractivity contribution in [3.05, 3.63) is 28.3 Å². The molecule has 0 aromatic heterocycles. The van der Waals surface area contributed by atoms with E-state index in [1.165, 1.54) is 0 Å². The van der Waals surface area contributed by atoms with Gasteiger partial charge in [-0.25, -0.2) is 0 Å². The van der Waals surface area contributed by atoms with Gasteiger partial charge in [0.2, 0.25) is 0 Å². The van der Waals surface area contributed by atoms with Crippen molar-refractivity contribution in [2.45, 2.75) is 26.4 Å². The third kappa shape index (κ3) is 3.33. The topological polar surface area (TPSA) is 55.8 Å². The average molecular weight is 311 g/mol. The van der Waals surface area contributed by atoms with Crippen LogP contribution in [0.25, 0.3) is 0 Å². The molecule has 0 radical (unpaired) electrons. The molecule has 1 N–H and O–H groups in total. The smallest absolute Gasteiger partial charge is 0.306 e. The molecule has 1 unspecified atom stereocenters. The molecule has 5 heteroatoms. The lowest BCUT2D eigenvalue weighted by Gasteiger charge is -2.24. The first-order valence-corrected chi connectivity index (χ1v) is 7.67. The van der Waals surface area contributed by atoms with E-state index < -0.39 is 5.97 Å². The Morgan fingerprint density at radius 3 is 3.05 bits per heavy atom. The van der Waals surface area contributed by atoms with E-state index in [9.17, 15) is 4.79 Å². The Kier molecular flexibility index (Phi) is 4.09. The summed E-state index contributed by atoms with van der Waals surface area (Å²) in [5, 5.41) is 9.48. The number of carboxylic acid groups (broad SMARTS) is 1. The Morgan fingerprint density at radius 2 is 2.33 bits per heavy atom. The Bertz CT molecular complexity index is 557. The number of carboxylic acids is 1. The van der Waals surface area contributed by atoms with Crippen molar-refractivity contribution < 1.29 is 19.4 Å². The number of hydrogen-bond donors (Lipinski definition) is 1. The minimum atomic E-state index is -0.716. The first kappa shape index (κ1) is 14.7. The summed E-state index contributed by atoms with van der Waals surface area (Å²) in [7, 11) is 0. The first-order chi connectivity index (χ1) is 10.0. The molecular formula is C16H19ClO4. The van der Waals surface area contributed by atoms with E-state index in [1.807, 2.05) is 6.07 Å². The largest absolute Gasteiger partial charge is 0.491 e. The van der Waals surface area contributed by atoms with Gasteiger partial charge in [-0.15, -0.1) is 0 Å². The van der Waals surface area contributed by atoms with Crippen molar-refractivity contribution in [2.24, 2.45) is 17.8 Å². The zero-order chi connectivity index (χ0) is 15.0. The number of fused-ring (bicyclic) bond motifs is 1. The van der Waals surface area contributed by atoms with E-state index in [1.54, 1.807) is 0 Å². The quantitative estimate of drug-likeness (QED) is 0.907. The summed E-state index contributed by atoms with van der Waals surface area (Å²) in [6.45, 7) is 3.82. The van der Waals surface area contributed by atoms with Crippen molar-refractivity contribution in [3.8, 4) is 5.75 Å². The van der Waals surface area contributed by atoms with E-state index in [2.05, 4.69) is 13.0 Å². The monoisotopic (exact) mass is 310 g/mol. The Morgan fingerprint density at radius 1 is 1.52 bits per heavy atom. The van der Waals surface area contributed by atoms with Gasteiger partial charge in [0.1, 0.15) is 5.75 Å². The van der Waals surface area contributed by atoms with Crippen LogP contribution >= 0.6 is 11.6 Å². The fourth-order valence-electron chi connectivity index (χ4n) is 2.83. The molecule has 1 aromatic carbocycles. The lowest BCUT2D eigenvalue weighted by Crippen LogP contribution is -2.18. The zero-order valence-corrected chi connectivity index (χ0v) is 12.7. The van der Waals surface area contributed by atoms with E-state index in [0.717, 1.165) is 29.7 Å². The SMILES string of the molecule is CC1COc2c(Cl)cc(COC[C@@H]3C[C@@H]3C(=O)O)cc2C1. The number of benzene rings is 1. The van der Waals surface area contributed by atoms with Crippen molar-refractivity contribution in [2.75, 3.05) is 13.2 Å². The molecule has 3 rings (SSSR count). The molecule has 0 amide bonds. The second-order valence-electron chi connectivity index (χ2n) is 6.14.